The average Bonchev–Trinajstić information content (AvgIpc) is 2.72. The first-order valence-corrected chi connectivity index (χ1v) is 9.45. The van der Waals surface area contributed by atoms with Crippen molar-refractivity contribution in [3.63, 3.8) is 0 Å². The minimum absolute atomic E-state index is 0.0400. The Morgan fingerprint density at radius 2 is 1.62 bits per heavy atom. The Bertz CT molecular complexity index is 1030. The predicted octanol–water partition coefficient (Wildman–Crippen LogP) is 4.91. The molecule has 3 rings (SSSR count). The molecule has 0 spiro atoms. The molecule has 0 unspecified atom stereocenters. The van der Waals surface area contributed by atoms with E-state index in [1.807, 2.05) is 0 Å². The molecule has 0 radical (unpaired) electrons. The summed E-state index contributed by atoms with van der Waals surface area (Å²) in [4.78, 5) is 27.2. The summed E-state index contributed by atoms with van der Waals surface area (Å²) >= 11 is 6.12. The Morgan fingerprint density at radius 3 is 2.24 bits per heavy atom. The zero-order chi connectivity index (χ0) is 21.0. The van der Waals surface area contributed by atoms with Gasteiger partial charge in [-0.05, 0) is 42.8 Å². The molecule has 0 saturated heterocycles. The van der Waals surface area contributed by atoms with Gasteiger partial charge in [-0.1, -0.05) is 60.1 Å². The summed E-state index contributed by atoms with van der Waals surface area (Å²) in [7, 11) is 0. The van der Waals surface area contributed by atoms with E-state index in [1.54, 1.807) is 67.6 Å². The van der Waals surface area contributed by atoms with Crippen LogP contribution in [0.5, 0.6) is 0 Å². The standard InChI is InChI=1S/C23H20ClFN2O2/c1-15(17-10-7-11-18(24)14-17)27(23(29)16-8-3-2-4-9-16)21(22(26)28)19-12-5-6-13-20(19)25/h2-15,21H,1H3,(H2,26,28)/t15-,21-/m1/s1. The molecule has 2 N–H and O–H groups in total. The fourth-order valence-corrected chi connectivity index (χ4v) is 3.51. The molecule has 0 heterocycles. The quantitative estimate of drug-likeness (QED) is 0.627. The van der Waals surface area contributed by atoms with E-state index >= 15 is 0 Å². The van der Waals surface area contributed by atoms with Gasteiger partial charge in [-0.2, -0.15) is 0 Å². The lowest BCUT2D eigenvalue weighted by Crippen LogP contribution is -2.43. The van der Waals surface area contributed by atoms with E-state index < -0.39 is 29.7 Å². The fraction of sp³-hybridized carbons (Fsp3) is 0.130. The summed E-state index contributed by atoms with van der Waals surface area (Å²) in [5.41, 5.74) is 6.78. The van der Waals surface area contributed by atoms with Crippen LogP contribution in [0.3, 0.4) is 0 Å². The van der Waals surface area contributed by atoms with Crippen molar-refractivity contribution in [2.24, 2.45) is 5.73 Å². The molecule has 0 bridgehead atoms. The third kappa shape index (κ3) is 4.46. The largest absolute Gasteiger partial charge is 0.368 e. The van der Waals surface area contributed by atoms with E-state index in [1.165, 1.54) is 23.1 Å². The highest BCUT2D eigenvalue weighted by Crippen LogP contribution is 2.34. The number of rotatable bonds is 6. The molecule has 0 aliphatic heterocycles. The molecule has 2 amide bonds. The van der Waals surface area contributed by atoms with Crippen molar-refractivity contribution in [2.45, 2.75) is 19.0 Å². The lowest BCUT2D eigenvalue weighted by Gasteiger charge is -2.35. The lowest BCUT2D eigenvalue weighted by molar-refractivity contribution is -0.123. The molecule has 3 aromatic rings. The molecule has 2 atom stereocenters. The Morgan fingerprint density at radius 1 is 0.966 bits per heavy atom. The average molecular weight is 411 g/mol. The van der Waals surface area contributed by atoms with Gasteiger partial charge in [0.25, 0.3) is 5.91 Å². The second-order valence-electron chi connectivity index (χ2n) is 6.64. The molecular formula is C23H20ClFN2O2. The van der Waals surface area contributed by atoms with Gasteiger partial charge >= 0.3 is 0 Å². The van der Waals surface area contributed by atoms with Crippen LogP contribution in [0.2, 0.25) is 5.02 Å². The van der Waals surface area contributed by atoms with Crippen LogP contribution in [0.4, 0.5) is 4.39 Å². The van der Waals surface area contributed by atoms with Crippen LogP contribution in [0.15, 0.2) is 78.9 Å². The Kier molecular flexibility index (Phi) is 6.29. The number of amides is 2. The van der Waals surface area contributed by atoms with Gasteiger partial charge in [0.2, 0.25) is 5.91 Å². The second-order valence-corrected chi connectivity index (χ2v) is 7.07. The van der Waals surface area contributed by atoms with Gasteiger partial charge in [0, 0.05) is 16.1 Å². The number of benzene rings is 3. The number of carbonyl (C=O) groups is 2. The normalized spacial score (nSPS) is 12.8. The van der Waals surface area contributed by atoms with E-state index in [0.29, 0.717) is 16.1 Å². The first-order valence-electron chi connectivity index (χ1n) is 9.07. The summed E-state index contributed by atoms with van der Waals surface area (Å²) in [6.45, 7) is 1.75. The molecule has 0 aromatic heterocycles. The molecule has 29 heavy (non-hydrogen) atoms. The third-order valence-corrected chi connectivity index (χ3v) is 4.99. The number of carbonyl (C=O) groups excluding carboxylic acids is 2. The van der Waals surface area contributed by atoms with Crippen molar-refractivity contribution >= 4 is 23.4 Å². The van der Waals surface area contributed by atoms with Crippen molar-refractivity contribution in [1.29, 1.82) is 0 Å². The Hall–Kier alpha value is -3.18. The van der Waals surface area contributed by atoms with Gasteiger partial charge < -0.3 is 10.6 Å². The highest BCUT2D eigenvalue weighted by Gasteiger charge is 2.36. The number of hydrogen-bond acceptors (Lipinski definition) is 2. The maximum absolute atomic E-state index is 14.6. The smallest absolute Gasteiger partial charge is 0.255 e. The van der Waals surface area contributed by atoms with Crippen LogP contribution in [0, 0.1) is 5.82 Å². The van der Waals surface area contributed by atoms with Crippen LogP contribution in [-0.2, 0) is 4.79 Å². The zero-order valence-corrected chi connectivity index (χ0v) is 16.5. The van der Waals surface area contributed by atoms with Gasteiger partial charge in [-0.25, -0.2) is 4.39 Å². The molecule has 6 heteroatoms. The molecule has 0 aliphatic rings. The summed E-state index contributed by atoms with van der Waals surface area (Å²) in [5, 5.41) is 0.489. The number of nitrogens with two attached hydrogens (primary N) is 1. The molecule has 4 nitrogen and oxygen atoms in total. The summed E-state index contributed by atoms with van der Waals surface area (Å²) in [5.74, 6) is -1.88. The second kappa shape index (κ2) is 8.88. The predicted molar refractivity (Wildman–Crippen MR) is 111 cm³/mol. The van der Waals surface area contributed by atoms with Crippen LogP contribution >= 0.6 is 11.6 Å². The Balaban J connectivity index is 2.16. The maximum Gasteiger partial charge on any atom is 0.255 e. The zero-order valence-electron chi connectivity index (χ0n) is 15.8. The monoisotopic (exact) mass is 410 g/mol. The van der Waals surface area contributed by atoms with E-state index in [9.17, 15) is 14.0 Å². The fourth-order valence-electron chi connectivity index (χ4n) is 3.31. The first-order chi connectivity index (χ1) is 13.9. The SMILES string of the molecule is C[C@H](c1cccc(Cl)c1)N(C(=O)c1ccccc1)[C@@H](C(N)=O)c1ccccc1F. The topological polar surface area (TPSA) is 63.4 Å². The molecule has 3 aromatic carbocycles. The van der Waals surface area contributed by atoms with Crippen molar-refractivity contribution in [1.82, 2.24) is 4.90 Å². The molecule has 0 saturated carbocycles. The minimum Gasteiger partial charge on any atom is -0.368 e. The Labute approximate surface area is 173 Å². The van der Waals surface area contributed by atoms with Gasteiger partial charge in [0.05, 0.1) is 6.04 Å². The summed E-state index contributed by atoms with van der Waals surface area (Å²) in [6, 6.07) is 19.4. The number of hydrogen-bond donors (Lipinski definition) is 1. The third-order valence-electron chi connectivity index (χ3n) is 4.75. The van der Waals surface area contributed by atoms with Crippen LogP contribution in [0.25, 0.3) is 0 Å². The summed E-state index contributed by atoms with van der Waals surface area (Å²) in [6.07, 6.45) is 0. The van der Waals surface area contributed by atoms with Crippen LogP contribution in [-0.4, -0.2) is 16.7 Å². The molecule has 148 valence electrons. The number of halogens is 2. The van der Waals surface area contributed by atoms with Crippen molar-refractivity contribution in [3.05, 3.63) is 106 Å². The first kappa shape index (κ1) is 20.6. The molecule has 0 fully saturated rings. The van der Waals surface area contributed by atoms with E-state index in [-0.39, 0.29) is 5.56 Å². The van der Waals surface area contributed by atoms with Gasteiger partial charge in [-0.15, -0.1) is 0 Å². The number of primary amides is 1. The highest BCUT2D eigenvalue weighted by molar-refractivity contribution is 6.30. The highest BCUT2D eigenvalue weighted by atomic mass is 35.5. The lowest BCUT2D eigenvalue weighted by atomic mass is 9.97. The van der Waals surface area contributed by atoms with Crippen molar-refractivity contribution < 1.29 is 14.0 Å². The van der Waals surface area contributed by atoms with Crippen molar-refractivity contribution in [2.75, 3.05) is 0 Å². The molecular weight excluding hydrogens is 391 g/mol. The van der Waals surface area contributed by atoms with Crippen molar-refractivity contribution in [3.8, 4) is 0 Å². The van der Waals surface area contributed by atoms with Gasteiger partial charge in [-0.3, -0.25) is 9.59 Å². The number of nitrogens with zero attached hydrogens (tertiary/aromatic N) is 1. The summed E-state index contributed by atoms with van der Waals surface area (Å²) < 4.78 is 14.6. The van der Waals surface area contributed by atoms with Gasteiger partial charge in [0.1, 0.15) is 11.9 Å². The maximum atomic E-state index is 14.6. The van der Waals surface area contributed by atoms with Gasteiger partial charge in [0.15, 0.2) is 0 Å². The van der Waals surface area contributed by atoms with E-state index in [2.05, 4.69) is 0 Å². The minimum atomic E-state index is -1.29. The van der Waals surface area contributed by atoms with E-state index in [0.717, 1.165) is 0 Å². The molecule has 0 aliphatic carbocycles. The van der Waals surface area contributed by atoms with E-state index in [4.69, 9.17) is 17.3 Å². The van der Waals surface area contributed by atoms with Crippen LogP contribution < -0.4 is 5.73 Å². The van der Waals surface area contributed by atoms with Crippen LogP contribution in [0.1, 0.15) is 40.5 Å².